The molecular weight excluding hydrogens is 383 g/mol. The lowest BCUT2D eigenvalue weighted by molar-refractivity contribution is -0.126. The van der Waals surface area contributed by atoms with E-state index < -0.39 is 41.6 Å². The van der Waals surface area contributed by atoms with E-state index in [1.807, 2.05) is 0 Å². The molecule has 1 N–H and O–H groups in total. The summed E-state index contributed by atoms with van der Waals surface area (Å²) in [5.41, 5.74) is 1.51. The molecule has 2 aromatic carbocycles. The van der Waals surface area contributed by atoms with Crippen LogP contribution in [0.25, 0.3) is 6.08 Å². The van der Waals surface area contributed by atoms with Gasteiger partial charge in [0.25, 0.3) is 0 Å². The van der Waals surface area contributed by atoms with Gasteiger partial charge in [-0.3, -0.25) is 19.7 Å². The van der Waals surface area contributed by atoms with Crippen LogP contribution >= 0.6 is 11.6 Å². The first kappa shape index (κ1) is 17.1. The van der Waals surface area contributed by atoms with E-state index in [9.17, 15) is 18.8 Å². The third-order valence-corrected chi connectivity index (χ3v) is 6.05. The maximum absolute atomic E-state index is 13.7. The number of halogens is 2. The van der Waals surface area contributed by atoms with Crippen molar-refractivity contribution in [3.8, 4) is 0 Å². The Hall–Kier alpha value is -2.99. The zero-order valence-corrected chi connectivity index (χ0v) is 15.2. The van der Waals surface area contributed by atoms with Gasteiger partial charge in [0.1, 0.15) is 11.9 Å². The van der Waals surface area contributed by atoms with Crippen molar-refractivity contribution in [2.45, 2.75) is 12.1 Å². The molecule has 3 heterocycles. The van der Waals surface area contributed by atoms with Gasteiger partial charge in [0.05, 0.1) is 22.9 Å². The van der Waals surface area contributed by atoms with Gasteiger partial charge in [0, 0.05) is 16.8 Å². The van der Waals surface area contributed by atoms with Gasteiger partial charge in [-0.1, -0.05) is 35.9 Å². The fourth-order valence-electron chi connectivity index (χ4n) is 4.58. The fourth-order valence-corrected chi connectivity index (χ4v) is 4.81. The number of nitrogens with zero attached hydrogens (tertiary/aromatic N) is 1. The van der Waals surface area contributed by atoms with Crippen molar-refractivity contribution < 1.29 is 18.8 Å². The molecule has 0 aromatic heterocycles. The highest BCUT2D eigenvalue weighted by Crippen LogP contribution is 2.47. The van der Waals surface area contributed by atoms with Crippen LogP contribution in [0.2, 0.25) is 5.02 Å². The van der Waals surface area contributed by atoms with Crippen molar-refractivity contribution in [1.29, 1.82) is 0 Å². The maximum Gasteiger partial charge on any atom is 0.233 e. The number of nitrogens with one attached hydrogen (secondary N) is 1. The second-order valence-electron chi connectivity index (χ2n) is 7.15. The van der Waals surface area contributed by atoms with Gasteiger partial charge in [-0.05, 0) is 30.3 Å². The molecule has 2 saturated heterocycles. The predicted octanol–water partition coefficient (Wildman–Crippen LogP) is 2.83. The highest BCUT2D eigenvalue weighted by molar-refractivity contribution is 6.34. The number of imide groups is 1. The lowest BCUT2D eigenvalue weighted by Gasteiger charge is -2.35. The van der Waals surface area contributed by atoms with Crippen molar-refractivity contribution in [1.82, 2.24) is 5.32 Å². The van der Waals surface area contributed by atoms with E-state index in [0.29, 0.717) is 16.8 Å². The first-order chi connectivity index (χ1) is 13.5. The second-order valence-corrected chi connectivity index (χ2v) is 7.56. The van der Waals surface area contributed by atoms with E-state index in [2.05, 4.69) is 5.32 Å². The van der Waals surface area contributed by atoms with Crippen LogP contribution in [0.3, 0.4) is 0 Å². The molecule has 0 radical (unpaired) electrons. The quantitative estimate of drug-likeness (QED) is 0.626. The van der Waals surface area contributed by atoms with Crippen LogP contribution in [0.5, 0.6) is 0 Å². The molecule has 2 fully saturated rings. The first-order valence-electron chi connectivity index (χ1n) is 8.87. The summed E-state index contributed by atoms with van der Waals surface area (Å²) in [6.45, 7) is 0. The number of anilines is 1. The minimum Gasteiger partial charge on any atom is -0.352 e. The topological polar surface area (TPSA) is 66.5 Å². The van der Waals surface area contributed by atoms with Crippen LogP contribution in [0, 0.1) is 17.7 Å². The average molecular weight is 397 g/mol. The SMILES string of the molecule is O=C1NC(=O)[C@H]2[C@H]1[C@H]1C=Cc3cc(F)ccc3N1[C@H]2C(=O)c1ccccc1Cl. The van der Waals surface area contributed by atoms with E-state index >= 15 is 0 Å². The van der Waals surface area contributed by atoms with E-state index in [4.69, 9.17) is 11.6 Å². The Balaban J connectivity index is 1.69. The third-order valence-electron chi connectivity index (χ3n) is 5.72. The molecule has 5 rings (SSSR count). The van der Waals surface area contributed by atoms with Crippen molar-refractivity contribution in [2.75, 3.05) is 4.90 Å². The lowest BCUT2D eigenvalue weighted by atomic mass is 9.86. The third kappa shape index (κ3) is 2.27. The number of rotatable bonds is 2. The zero-order valence-electron chi connectivity index (χ0n) is 14.4. The molecule has 7 heteroatoms. The molecule has 5 nitrogen and oxygen atoms in total. The van der Waals surface area contributed by atoms with E-state index in [1.54, 1.807) is 47.4 Å². The number of benzene rings is 2. The summed E-state index contributed by atoms with van der Waals surface area (Å²) in [6, 6.07) is 9.51. The highest BCUT2D eigenvalue weighted by atomic mass is 35.5. The van der Waals surface area contributed by atoms with Gasteiger partial charge in [-0.15, -0.1) is 0 Å². The van der Waals surface area contributed by atoms with Gasteiger partial charge in [-0.25, -0.2) is 4.39 Å². The molecule has 0 unspecified atom stereocenters. The largest absolute Gasteiger partial charge is 0.352 e. The number of carbonyl (C=O) groups is 3. The van der Waals surface area contributed by atoms with Gasteiger partial charge in [0.2, 0.25) is 11.8 Å². The van der Waals surface area contributed by atoms with Crippen molar-refractivity contribution in [3.63, 3.8) is 0 Å². The van der Waals surface area contributed by atoms with Gasteiger partial charge >= 0.3 is 0 Å². The molecule has 2 amide bonds. The monoisotopic (exact) mass is 396 g/mol. The predicted molar refractivity (Wildman–Crippen MR) is 101 cm³/mol. The van der Waals surface area contributed by atoms with Gasteiger partial charge < -0.3 is 4.90 Å². The number of carbonyl (C=O) groups excluding carboxylic acids is 3. The number of fused-ring (bicyclic) bond motifs is 5. The molecule has 140 valence electrons. The average Bonchev–Trinajstić information content (AvgIpc) is 3.17. The van der Waals surface area contributed by atoms with Crippen LogP contribution in [-0.4, -0.2) is 29.7 Å². The number of Topliss-reactive ketones (excluding diaryl/α,β-unsaturated/α-hetero) is 1. The molecule has 28 heavy (non-hydrogen) atoms. The molecule has 3 aliphatic heterocycles. The summed E-state index contributed by atoms with van der Waals surface area (Å²) in [5, 5.41) is 2.63. The standard InChI is InChI=1S/C21H14ClFN2O3/c22-13-4-2-1-3-12(13)19(26)18-17-16(20(27)24-21(17)28)15-7-5-10-9-11(23)6-8-14(10)25(15)18/h1-9,15-18H,(H,24,27,28)/t15-,16-,17+,18-/m1/s1. The zero-order chi connectivity index (χ0) is 19.6. The fraction of sp³-hybridized carbons (Fsp3) is 0.190. The maximum atomic E-state index is 13.7. The summed E-state index contributed by atoms with van der Waals surface area (Å²) in [6.07, 6.45) is 3.49. The molecule has 2 aromatic rings. The Kier molecular flexibility index (Phi) is 3.67. The second kappa shape index (κ2) is 6.01. The number of hydrogen-bond acceptors (Lipinski definition) is 4. The highest BCUT2D eigenvalue weighted by Gasteiger charge is 2.61. The van der Waals surface area contributed by atoms with Crippen molar-refractivity contribution in [3.05, 3.63) is 70.5 Å². The summed E-state index contributed by atoms with van der Waals surface area (Å²) in [4.78, 5) is 40.3. The summed E-state index contributed by atoms with van der Waals surface area (Å²) in [7, 11) is 0. The first-order valence-corrected chi connectivity index (χ1v) is 9.25. The molecule has 4 atom stereocenters. The van der Waals surface area contributed by atoms with Crippen molar-refractivity contribution in [2.24, 2.45) is 11.8 Å². The normalized spacial score (nSPS) is 27.3. The molecule has 0 saturated carbocycles. The Bertz CT molecular complexity index is 1080. The van der Waals surface area contributed by atoms with Crippen LogP contribution < -0.4 is 10.2 Å². The Morgan fingerprint density at radius 3 is 2.61 bits per heavy atom. The molecular formula is C21H14ClFN2O3. The van der Waals surface area contributed by atoms with Gasteiger partial charge in [0.15, 0.2) is 5.78 Å². The Labute approximate surface area is 164 Å². The molecule has 0 bridgehead atoms. The van der Waals surface area contributed by atoms with Crippen LogP contribution in [0.15, 0.2) is 48.5 Å². The van der Waals surface area contributed by atoms with Crippen LogP contribution in [0.4, 0.5) is 10.1 Å². The van der Waals surface area contributed by atoms with Crippen LogP contribution in [0.1, 0.15) is 15.9 Å². The molecule has 0 aliphatic carbocycles. The Morgan fingerprint density at radius 1 is 1.07 bits per heavy atom. The number of hydrogen-bond donors (Lipinski definition) is 1. The molecule has 0 spiro atoms. The Morgan fingerprint density at radius 2 is 1.82 bits per heavy atom. The summed E-state index contributed by atoms with van der Waals surface area (Å²) in [5.74, 6) is -3.11. The summed E-state index contributed by atoms with van der Waals surface area (Å²) >= 11 is 6.23. The van der Waals surface area contributed by atoms with Crippen molar-refractivity contribution >= 4 is 41.0 Å². The lowest BCUT2D eigenvalue weighted by Crippen LogP contribution is -2.47. The van der Waals surface area contributed by atoms with E-state index in [-0.39, 0.29) is 10.8 Å². The molecule has 3 aliphatic rings. The van der Waals surface area contributed by atoms with E-state index in [0.717, 1.165) is 0 Å². The minimum atomic E-state index is -0.907. The minimum absolute atomic E-state index is 0.282. The number of ketones is 1. The smallest absolute Gasteiger partial charge is 0.233 e. The summed E-state index contributed by atoms with van der Waals surface area (Å²) < 4.78 is 13.7. The van der Waals surface area contributed by atoms with Gasteiger partial charge in [-0.2, -0.15) is 0 Å². The number of amides is 2. The van der Waals surface area contributed by atoms with Crippen LogP contribution in [-0.2, 0) is 9.59 Å². The van der Waals surface area contributed by atoms with E-state index in [1.165, 1.54) is 12.1 Å².